The molecule has 0 atom stereocenters. The number of carbonyl (C=O) groups is 1. The summed E-state index contributed by atoms with van der Waals surface area (Å²) in [5.74, 6) is 0.259. The lowest BCUT2D eigenvalue weighted by molar-refractivity contribution is -0.138. The van der Waals surface area contributed by atoms with Gasteiger partial charge in [0.1, 0.15) is 6.07 Å². The van der Waals surface area contributed by atoms with Crippen molar-refractivity contribution in [3.63, 3.8) is 0 Å². The Bertz CT molecular complexity index is 699. The Labute approximate surface area is 141 Å². The van der Waals surface area contributed by atoms with Gasteiger partial charge in [-0.2, -0.15) is 5.26 Å². The first kappa shape index (κ1) is 16.2. The molecule has 0 amide bonds. The van der Waals surface area contributed by atoms with Gasteiger partial charge in [0.25, 0.3) is 5.79 Å². The molecule has 6 heteroatoms. The molecule has 0 aromatic heterocycles. The summed E-state index contributed by atoms with van der Waals surface area (Å²) >= 11 is 0. The van der Waals surface area contributed by atoms with Gasteiger partial charge in [0.15, 0.2) is 17.1 Å². The molecule has 0 radical (unpaired) electrons. The van der Waals surface area contributed by atoms with Gasteiger partial charge in [0, 0.05) is 30.8 Å². The molecule has 1 aromatic rings. The van der Waals surface area contributed by atoms with Crippen molar-refractivity contribution in [3.8, 4) is 17.6 Å². The molecule has 6 nitrogen and oxygen atoms in total. The van der Waals surface area contributed by atoms with Crippen LogP contribution in [0.2, 0.25) is 0 Å². The van der Waals surface area contributed by atoms with Crippen LogP contribution < -0.4 is 14.8 Å². The lowest BCUT2D eigenvalue weighted by Gasteiger charge is -2.31. The van der Waals surface area contributed by atoms with Crippen molar-refractivity contribution in [3.05, 3.63) is 30.0 Å². The second-order valence-corrected chi connectivity index (χ2v) is 5.87. The van der Waals surface area contributed by atoms with Crippen molar-refractivity contribution in [2.75, 3.05) is 11.9 Å². The van der Waals surface area contributed by atoms with Crippen LogP contribution in [0.15, 0.2) is 30.0 Å². The number of benzene rings is 1. The van der Waals surface area contributed by atoms with E-state index in [9.17, 15) is 4.79 Å². The monoisotopic (exact) mass is 328 g/mol. The van der Waals surface area contributed by atoms with Gasteiger partial charge in [-0.3, -0.25) is 0 Å². The van der Waals surface area contributed by atoms with Crippen molar-refractivity contribution in [1.29, 1.82) is 5.26 Å². The number of hydrogen-bond donors (Lipinski definition) is 1. The molecule has 1 aliphatic carbocycles. The molecular weight excluding hydrogens is 308 g/mol. The minimum absolute atomic E-state index is 0.0849. The van der Waals surface area contributed by atoms with Crippen molar-refractivity contribution >= 4 is 11.7 Å². The largest absolute Gasteiger partial charge is 0.462 e. The Morgan fingerprint density at radius 2 is 2.08 bits per heavy atom. The van der Waals surface area contributed by atoms with E-state index in [0.717, 1.165) is 31.4 Å². The Kier molecular flexibility index (Phi) is 4.61. The van der Waals surface area contributed by atoms with E-state index in [1.165, 1.54) is 12.6 Å². The molecule has 126 valence electrons. The van der Waals surface area contributed by atoms with Gasteiger partial charge >= 0.3 is 5.97 Å². The quantitative estimate of drug-likeness (QED) is 0.517. The number of ether oxygens (including phenoxy) is 3. The summed E-state index contributed by atoms with van der Waals surface area (Å²) in [5, 5.41) is 12.0. The third-order valence-electron chi connectivity index (χ3n) is 4.15. The second-order valence-electron chi connectivity index (χ2n) is 5.87. The van der Waals surface area contributed by atoms with Crippen LogP contribution in [0.5, 0.6) is 11.5 Å². The fraction of sp³-hybridized carbons (Fsp3) is 0.444. The highest BCUT2D eigenvalue weighted by Crippen LogP contribution is 2.46. The van der Waals surface area contributed by atoms with E-state index in [0.29, 0.717) is 11.4 Å². The summed E-state index contributed by atoms with van der Waals surface area (Å²) in [4.78, 5) is 11.6. The lowest BCUT2D eigenvalue weighted by Crippen LogP contribution is -2.40. The van der Waals surface area contributed by atoms with Gasteiger partial charge in [-0.25, -0.2) is 4.79 Å². The highest BCUT2D eigenvalue weighted by molar-refractivity contribution is 5.93. The number of fused-ring (bicyclic) bond motifs is 1. The van der Waals surface area contributed by atoms with Crippen LogP contribution >= 0.6 is 0 Å². The maximum absolute atomic E-state index is 11.6. The number of esters is 1. The molecule has 0 saturated heterocycles. The summed E-state index contributed by atoms with van der Waals surface area (Å²) in [6.07, 6.45) is 6.55. The maximum Gasteiger partial charge on any atom is 0.350 e. The number of anilines is 1. The molecule has 0 unspecified atom stereocenters. The molecule has 1 heterocycles. The zero-order valence-corrected chi connectivity index (χ0v) is 13.6. The fourth-order valence-electron chi connectivity index (χ4n) is 2.98. The first-order valence-corrected chi connectivity index (χ1v) is 8.22. The van der Waals surface area contributed by atoms with Crippen molar-refractivity contribution < 1.29 is 19.0 Å². The average molecular weight is 328 g/mol. The molecule has 24 heavy (non-hydrogen) atoms. The minimum atomic E-state index is -0.644. The standard InChI is InChI=1S/C18H20N2O4/c1-2-22-17(21)13(11-19)12-20-14-6-7-15-16(10-14)24-18(23-15)8-4-3-5-9-18/h6-7,10,12,20H,2-5,8-9H2,1H3. The van der Waals surface area contributed by atoms with Gasteiger partial charge < -0.3 is 19.5 Å². The predicted octanol–water partition coefficient (Wildman–Crippen LogP) is 3.50. The Morgan fingerprint density at radius 1 is 1.33 bits per heavy atom. The van der Waals surface area contributed by atoms with E-state index >= 15 is 0 Å². The molecule has 1 spiro atoms. The molecule has 1 aliphatic heterocycles. The van der Waals surface area contributed by atoms with Crippen LogP contribution in [0.4, 0.5) is 5.69 Å². The van der Waals surface area contributed by atoms with E-state index in [-0.39, 0.29) is 12.2 Å². The summed E-state index contributed by atoms with van der Waals surface area (Å²) < 4.78 is 16.9. The third kappa shape index (κ3) is 3.30. The molecule has 1 saturated carbocycles. The van der Waals surface area contributed by atoms with Crippen LogP contribution in [0, 0.1) is 11.3 Å². The molecule has 1 fully saturated rings. The van der Waals surface area contributed by atoms with Gasteiger partial charge in [-0.15, -0.1) is 0 Å². The van der Waals surface area contributed by atoms with Crippen molar-refractivity contribution in [2.24, 2.45) is 0 Å². The fourth-order valence-corrected chi connectivity index (χ4v) is 2.98. The topological polar surface area (TPSA) is 80.6 Å². The summed E-state index contributed by atoms with van der Waals surface area (Å²) in [6.45, 7) is 1.92. The van der Waals surface area contributed by atoms with Gasteiger partial charge in [0.2, 0.25) is 0 Å². The lowest BCUT2D eigenvalue weighted by atomic mass is 9.94. The average Bonchev–Trinajstić information content (AvgIpc) is 2.92. The van der Waals surface area contributed by atoms with Gasteiger partial charge in [0.05, 0.1) is 6.61 Å². The molecule has 1 N–H and O–H groups in total. The molecule has 3 rings (SSSR count). The van der Waals surface area contributed by atoms with Gasteiger partial charge in [-0.05, 0) is 31.9 Å². The number of hydrogen-bond acceptors (Lipinski definition) is 6. The van der Waals surface area contributed by atoms with Crippen LogP contribution in [0.25, 0.3) is 0 Å². The van der Waals surface area contributed by atoms with Gasteiger partial charge in [-0.1, -0.05) is 6.42 Å². The molecular formula is C18H20N2O4. The van der Waals surface area contributed by atoms with Crippen molar-refractivity contribution in [2.45, 2.75) is 44.8 Å². The summed E-state index contributed by atoms with van der Waals surface area (Å²) in [7, 11) is 0. The highest BCUT2D eigenvalue weighted by atomic mass is 16.7. The second kappa shape index (κ2) is 6.83. The normalized spacial score (nSPS) is 18.1. The number of nitrogens with one attached hydrogen (secondary N) is 1. The Morgan fingerprint density at radius 3 is 2.79 bits per heavy atom. The van der Waals surface area contributed by atoms with E-state index < -0.39 is 11.8 Å². The number of nitriles is 1. The molecule has 1 aromatic carbocycles. The number of nitrogens with zero attached hydrogens (tertiary/aromatic N) is 1. The zero-order chi connectivity index (χ0) is 17.0. The predicted molar refractivity (Wildman–Crippen MR) is 87.5 cm³/mol. The van der Waals surface area contributed by atoms with E-state index in [2.05, 4.69) is 5.32 Å². The summed E-state index contributed by atoms with van der Waals surface area (Å²) in [6, 6.07) is 7.30. The number of rotatable bonds is 4. The highest BCUT2D eigenvalue weighted by Gasteiger charge is 2.42. The maximum atomic E-state index is 11.6. The first-order chi connectivity index (χ1) is 11.7. The number of carbonyl (C=O) groups excluding carboxylic acids is 1. The SMILES string of the molecule is CCOC(=O)C(C#N)=CNc1ccc2c(c1)OC1(CCCCC1)O2. The Hall–Kier alpha value is -2.68. The smallest absolute Gasteiger partial charge is 0.350 e. The molecule has 2 aliphatic rings. The Balaban J connectivity index is 1.71. The first-order valence-electron chi connectivity index (χ1n) is 8.22. The van der Waals surface area contributed by atoms with Crippen LogP contribution in [0.3, 0.4) is 0 Å². The van der Waals surface area contributed by atoms with Crippen LogP contribution in [-0.4, -0.2) is 18.4 Å². The molecule has 0 bridgehead atoms. The van der Waals surface area contributed by atoms with E-state index in [1.807, 2.05) is 24.3 Å². The minimum Gasteiger partial charge on any atom is -0.462 e. The van der Waals surface area contributed by atoms with E-state index in [1.54, 1.807) is 6.92 Å². The van der Waals surface area contributed by atoms with E-state index in [4.69, 9.17) is 19.5 Å². The summed E-state index contributed by atoms with van der Waals surface area (Å²) in [5.41, 5.74) is 0.625. The van der Waals surface area contributed by atoms with Crippen LogP contribution in [0.1, 0.15) is 39.0 Å². The third-order valence-corrected chi connectivity index (χ3v) is 4.15. The van der Waals surface area contributed by atoms with Crippen LogP contribution in [-0.2, 0) is 9.53 Å². The zero-order valence-electron chi connectivity index (χ0n) is 13.6. The van der Waals surface area contributed by atoms with Crippen molar-refractivity contribution in [1.82, 2.24) is 0 Å².